The molecule has 0 saturated carbocycles. The zero-order valence-electron chi connectivity index (χ0n) is 10.5. The average molecular weight is 267 g/mol. The molecule has 0 bridgehead atoms. The van der Waals surface area contributed by atoms with Crippen LogP contribution in [0, 0.1) is 0 Å². The molecule has 1 unspecified atom stereocenters. The number of ether oxygens (including phenoxy) is 1. The fourth-order valence-electron chi connectivity index (χ4n) is 1.77. The number of hydrogen-bond acceptors (Lipinski definition) is 4. The van der Waals surface area contributed by atoms with Crippen LogP contribution in [0.3, 0.4) is 0 Å². The molecule has 98 valence electrons. The van der Waals surface area contributed by atoms with Crippen LogP contribution in [0.4, 0.5) is 0 Å². The number of fused-ring (bicyclic) bond motifs is 1. The van der Waals surface area contributed by atoms with E-state index in [9.17, 15) is 9.90 Å². The molecule has 0 spiro atoms. The van der Waals surface area contributed by atoms with Gasteiger partial charge in [0, 0.05) is 12.3 Å². The summed E-state index contributed by atoms with van der Waals surface area (Å²) in [5, 5.41) is 11.8. The lowest BCUT2D eigenvalue weighted by molar-refractivity contribution is -0.000290. The van der Waals surface area contributed by atoms with Gasteiger partial charge < -0.3 is 14.4 Å². The SMILES string of the molecule is CC(C)OCC(O)Cn1ccc(=O)c2sccc21. The summed E-state index contributed by atoms with van der Waals surface area (Å²) in [4.78, 5) is 11.6. The molecule has 2 rings (SSSR count). The van der Waals surface area contributed by atoms with Gasteiger partial charge in [-0.05, 0) is 25.3 Å². The number of aliphatic hydroxyl groups is 1. The zero-order chi connectivity index (χ0) is 13.1. The highest BCUT2D eigenvalue weighted by Crippen LogP contribution is 2.16. The summed E-state index contributed by atoms with van der Waals surface area (Å²) in [6.45, 7) is 4.60. The van der Waals surface area contributed by atoms with Crippen molar-refractivity contribution in [3.8, 4) is 0 Å². The molecule has 4 nitrogen and oxygen atoms in total. The fourth-order valence-corrected chi connectivity index (χ4v) is 2.59. The molecular formula is C13H17NO3S. The second-order valence-electron chi connectivity index (χ2n) is 4.50. The lowest BCUT2D eigenvalue weighted by Crippen LogP contribution is -2.24. The van der Waals surface area contributed by atoms with Gasteiger partial charge in [0.15, 0.2) is 5.43 Å². The van der Waals surface area contributed by atoms with Crippen molar-refractivity contribution in [3.05, 3.63) is 33.9 Å². The molecule has 2 aromatic heterocycles. The van der Waals surface area contributed by atoms with Gasteiger partial charge in [0.05, 0.1) is 35.6 Å². The molecule has 0 aliphatic heterocycles. The van der Waals surface area contributed by atoms with Gasteiger partial charge in [0.1, 0.15) is 0 Å². The van der Waals surface area contributed by atoms with E-state index in [1.807, 2.05) is 29.9 Å². The van der Waals surface area contributed by atoms with Crippen LogP contribution in [0.15, 0.2) is 28.5 Å². The first-order valence-electron chi connectivity index (χ1n) is 5.94. The summed E-state index contributed by atoms with van der Waals surface area (Å²) < 4.78 is 7.99. The highest BCUT2D eigenvalue weighted by atomic mass is 32.1. The average Bonchev–Trinajstić information content (AvgIpc) is 2.80. The molecule has 0 saturated heterocycles. The third-order valence-corrected chi connectivity index (χ3v) is 3.53. The monoisotopic (exact) mass is 267 g/mol. The molecule has 0 fully saturated rings. The second kappa shape index (κ2) is 5.65. The van der Waals surface area contributed by atoms with Crippen molar-refractivity contribution < 1.29 is 9.84 Å². The van der Waals surface area contributed by atoms with Crippen molar-refractivity contribution in [3.63, 3.8) is 0 Å². The maximum atomic E-state index is 11.6. The molecule has 2 aromatic rings. The van der Waals surface area contributed by atoms with E-state index in [4.69, 9.17) is 4.74 Å². The highest BCUT2D eigenvalue weighted by molar-refractivity contribution is 7.17. The topological polar surface area (TPSA) is 51.5 Å². The second-order valence-corrected chi connectivity index (χ2v) is 5.42. The number of hydrogen-bond donors (Lipinski definition) is 1. The lowest BCUT2D eigenvalue weighted by atomic mass is 10.3. The summed E-state index contributed by atoms with van der Waals surface area (Å²) >= 11 is 1.43. The molecule has 0 radical (unpaired) electrons. The molecule has 1 N–H and O–H groups in total. The van der Waals surface area contributed by atoms with Crippen molar-refractivity contribution in [2.75, 3.05) is 6.61 Å². The number of rotatable bonds is 5. The number of pyridine rings is 1. The van der Waals surface area contributed by atoms with Crippen molar-refractivity contribution in [1.82, 2.24) is 4.57 Å². The summed E-state index contributed by atoms with van der Waals surface area (Å²) in [7, 11) is 0. The van der Waals surface area contributed by atoms with Crippen LogP contribution in [-0.4, -0.2) is 28.5 Å². The molecular weight excluding hydrogens is 250 g/mol. The maximum Gasteiger partial charge on any atom is 0.199 e. The summed E-state index contributed by atoms with van der Waals surface area (Å²) in [5.74, 6) is 0. The van der Waals surface area contributed by atoms with Gasteiger partial charge in [0.25, 0.3) is 0 Å². The van der Waals surface area contributed by atoms with E-state index < -0.39 is 6.10 Å². The molecule has 5 heteroatoms. The number of nitrogens with zero attached hydrogens (tertiary/aromatic N) is 1. The Morgan fingerprint density at radius 2 is 2.22 bits per heavy atom. The van der Waals surface area contributed by atoms with E-state index >= 15 is 0 Å². The van der Waals surface area contributed by atoms with E-state index in [1.165, 1.54) is 17.4 Å². The van der Waals surface area contributed by atoms with Crippen LogP contribution in [0.2, 0.25) is 0 Å². The van der Waals surface area contributed by atoms with E-state index in [-0.39, 0.29) is 11.5 Å². The maximum absolute atomic E-state index is 11.6. The van der Waals surface area contributed by atoms with Crippen molar-refractivity contribution in [2.24, 2.45) is 0 Å². The molecule has 0 amide bonds. The minimum atomic E-state index is -0.571. The van der Waals surface area contributed by atoms with Gasteiger partial charge in [0.2, 0.25) is 0 Å². The Hall–Kier alpha value is -1.17. The van der Waals surface area contributed by atoms with Crippen LogP contribution >= 0.6 is 11.3 Å². The summed E-state index contributed by atoms with van der Waals surface area (Å²) in [5.41, 5.74) is 0.903. The van der Waals surface area contributed by atoms with Crippen molar-refractivity contribution in [2.45, 2.75) is 32.6 Å². The van der Waals surface area contributed by atoms with Crippen LogP contribution in [0.25, 0.3) is 10.2 Å². The Morgan fingerprint density at radius 1 is 1.44 bits per heavy atom. The molecule has 2 heterocycles. The first-order valence-corrected chi connectivity index (χ1v) is 6.82. The Morgan fingerprint density at radius 3 is 2.94 bits per heavy atom. The molecule has 0 aromatic carbocycles. The fraction of sp³-hybridized carbons (Fsp3) is 0.462. The Kier molecular flexibility index (Phi) is 4.16. The largest absolute Gasteiger partial charge is 0.389 e. The van der Waals surface area contributed by atoms with Crippen molar-refractivity contribution in [1.29, 1.82) is 0 Å². The van der Waals surface area contributed by atoms with Gasteiger partial charge >= 0.3 is 0 Å². The molecule has 0 aliphatic rings. The van der Waals surface area contributed by atoms with E-state index in [0.717, 1.165) is 10.2 Å². The quantitative estimate of drug-likeness (QED) is 0.899. The van der Waals surface area contributed by atoms with Crippen LogP contribution < -0.4 is 5.43 Å². The van der Waals surface area contributed by atoms with E-state index in [2.05, 4.69) is 0 Å². The van der Waals surface area contributed by atoms with Crippen LogP contribution in [-0.2, 0) is 11.3 Å². The van der Waals surface area contributed by atoms with Crippen LogP contribution in [0.5, 0.6) is 0 Å². The lowest BCUT2D eigenvalue weighted by Gasteiger charge is -2.16. The standard InChI is InChI=1S/C13H17NO3S/c1-9(2)17-8-10(15)7-14-5-3-12(16)13-11(14)4-6-18-13/h3-6,9-10,15H,7-8H2,1-2H3. The van der Waals surface area contributed by atoms with Gasteiger partial charge in [-0.3, -0.25) is 4.79 Å². The first-order chi connectivity index (χ1) is 8.58. The van der Waals surface area contributed by atoms with E-state index in [1.54, 1.807) is 6.20 Å². The van der Waals surface area contributed by atoms with Gasteiger partial charge in [-0.1, -0.05) is 0 Å². The minimum Gasteiger partial charge on any atom is -0.389 e. The predicted molar refractivity (Wildman–Crippen MR) is 73.2 cm³/mol. The van der Waals surface area contributed by atoms with E-state index in [0.29, 0.717) is 13.2 Å². The zero-order valence-corrected chi connectivity index (χ0v) is 11.3. The normalized spacial score (nSPS) is 13.3. The van der Waals surface area contributed by atoms with Gasteiger partial charge in [-0.2, -0.15) is 0 Å². The molecule has 18 heavy (non-hydrogen) atoms. The smallest absolute Gasteiger partial charge is 0.199 e. The number of thiophene rings is 1. The van der Waals surface area contributed by atoms with Crippen LogP contribution in [0.1, 0.15) is 13.8 Å². The predicted octanol–water partition coefficient (Wildman–Crippen LogP) is 1.85. The summed E-state index contributed by atoms with van der Waals surface area (Å²) in [6, 6.07) is 3.44. The Balaban J connectivity index is 2.14. The highest BCUT2D eigenvalue weighted by Gasteiger charge is 2.09. The Bertz CT molecular complexity index is 573. The van der Waals surface area contributed by atoms with Gasteiger partial charge in [-0.15, -0.1) is 11.3 Å². The molecule has 0 aliphatic carbocycles. The van der Waals surface area contributed by atoms with Gasteiger partial charge in [-0.25, -0.2) is 0 Å². The summed E-state index contributed by atoms with van der Waals surface area (Å²) in [6.07, 6.45) is 1.25. The number of aliphatic hydroxyl groups excluding tert-OH is 1. The molecule has 1 atom stereocenters. The number of aromatic nitrogens is 1. The third-order valence-electron chi connectivity index (χ3n) is 2.61. The first kappa shape index (κ1) is 13.3. The minimum absolute atomic E-state index is 0.0316. The van der Waals surface area contributed by atoms with Crippen molar-refractivity contribution >= 4 is 21.6 Å². The Labute approximate surface area is 109 Å². The third kappa shape index (κ3) is 2.98.